The van der Waals surface area contributed by atoms with Gasteiger partial charge in [0.15, 0.2) is 0 Å². The Morgan fingerprint density at radius 2 is 1.69 bits per heavy atom. The molecule has 3 aromatic carbocycles. The van der Waals surface area contributed by atoms with Crippen molar-refractivity contribution in [2.75, 3.05) is 0 Å². The van der Waals surface area contributed by atoms with Crippen molar-refractivity contribution < 1.29 is 24.5 Å². The van der Waals surface area contributed by atoms with Gasteiger partial charge in [-0.15, -0.1) is 65.4 Å². The van der Waals surface area contributed by atoms with Gasteiger partial charge in [0.2, 0.25) is 0 Å². The molecular formula is C31H20IrN2OS-2. The van der Waals surface area contributed by atoms with E-state index in [0.717, 1.165) is 39.1 Å². The van der Waals surface area contributed by atoms with Crippen molar-refractivity contribution in [3.05, 3.63) is 120 Å². The van der Waals surface area contributed by atoms with Gasteiger partial charge in [-0.05, 0) is 53.5 Å². The third-order valence-corrected chi connectivity index (χ3v) is 6.73. The molecule has 0 fully saturated rings. The van der Waals surface area contributed by atoms with Crippen molar-refractivity contribution in [2.24, 2.45) is 0 Å². The van der Waals surface area contributed by atoms with Crippen molar-refractivity contribution >= 4 is 43.4 Å². The maximum Gasteiger partial charge on any atom is 0.121 e. The maximum absolute atomic E-state index is 6.15. The average Bonchev–Trinajstić information content (AvgIpc) is 3.55. The number of hydrogen-bond donors (Lipinski definition) is 0. The third kappa shape index (κ3) is 4.61. The number of nitrogens with zero attached hydrogens (tertiary/aromatic N) is 2. The summed E-state index contributed by atoms with van der Waals surface area (Å²) < 4.78 is 7.43. The third-order valence-electron chi connectivity index (χ3n) is 5.85. The molecule has 177 valence electrons. The van der Waals surface area contributed by atoms with Crippen LogP contribution >= 0.6 is 11.3 Å². The number of hydrogen-bond acceptors (Lipinski definition) is 4. The second-order valence-electron chi connectivity index (χ2n) is 8.18. The fraction of sp³-hybridized carbons (Fsp3) is 0.0323. The monoisotopic (exact) mass is 661 g/mol. The van der Waals surface area contributed by atoms with Crippen LogP contribution in [0.3, 0.4) is 0 Å². The predicted octanol–water partition coefficient (Wildman–Crippen LogP) is 8.52. The fourth-order valence-electron chi connectivity index (χ4n) is 4.16. The minimum absolute atomic E-state index is 0. The van der Waals surface area contributed by atoms with Gasteiger partial charge in [0.05, 0.1) is 5.58 Å². The van der Waals surface area contributed by atoms with Gasteiger partial charge in [-0.3, -0.25) is 0 Å². The molecule has 0 amide bonds. The van der Waals surface area contributed by atoms with Gasteiger partial charge in [0.25, 0.3) is 0 Å². The Bertz CT molecular complexity index is 1740. The Balaban J connectivity index is 0.000000164. The van der Waals surface area contributed by atoms with Crippen molar-refractivity contribution in [1.82, 2.24) is 9.97 Å². The van der Waals surface area contributed by atoms with Gasteiger partial charge < -0.3 is 14.4 Å². The summed E-state index contributed by atoms with van der Waals surface area (Å²) in [6, 6.07) is 34.6. The molecule has 1 radical (unpaired) electrons. The summed E-state index contributed by atoms with van der Waals surface area (Å²) in [5, 5.41) is 5.68. The van der Waals surface area contributed by atoms with Crippen LogP contribution in [0, 0.1) is 19.1 Å². The van der Waals surface area contributed by atoms with Gasteiger partial charge in [-0.25, -0.2) is 0 Å². The zero-order valence-corrected chi connectivity index (χ0v) is 22.6. The summed E-state index contributed by atoms with van der Waals surface area (Å²) in [4.78, 5) is 8.75. The summed E-state index contributed by atoms with van der Waals surface area (Å²) in [6.45, 7) is 2.03. The minimum atomic E-state index is 0. The molecule has 0 aliphatic rings. The second-order valence-corrected chi connectivity index (χ2v) is 9.13. The molecule has 5 heteroatoms. The number of furan rings is 1. The number of aromatic nitrogens is 2. The van der Waals surface area contributed by atoms with Gasteiger partial charge >= 0.3 is 0 Å². The molecule has 0 N–H and O–H groups in total. The van der Waals surface area contributed by atoms with Crippen LogP contribution in [0.2, 0.25) is 0 Å². The first-order valence-corrected chi connectivity index (χ1v) is 12.2. The van der Waals surface area contributed by atoms with Crippen molar-refractivity contribution in [1.29, 1.82) is 0 Å². The molecule has 0 saturated heterocycles. The number of pyridine rings is 2. The Morgan fingerprint density at radius 3 is 2.47 bits per heavy atom. The number of rotatable bonds is 2. The Kier molecular flexibility index (Phi) is 7.06. The van der Waals surface area contributed by atoms with Crippen LogP contribution in [0.1, 0.15) is 5.56 Å². The predicted molar refractivity (Wildman–Crippen MR) is 144 cm³/mol. The van der Waals surface area contributed by atoms with Crippen molar-refractivity contribution in [3.63, 3.8) is 0 Å². The van der Waals surface area contributed by atoms with Crippen LogP contribution in [0.5, 0.6) is 0 Å². The van der Waals surface area contributed by atoms with Crippen LogP contribution in [0.15, 0.2) is 107 Å². The largest absolute Gasteiger partial charge is 0.501 e. The van der Waals surface area contributed by atoms with Gasteiger partial charge in [0.1, 0.15) is 5.58 Å². The molecule has 3 nitrogen and oxygen atoms in total. The topological polar surface area (TPSA) is 38.9 Å². The summed E-state index contributed by atoms with van der Waals surface area (Å²) in [6.07, 6.45) is 3.66. The molecule has 4 heterocycles. The molecule has 4 aromatic heterocycles. The van der Waals surface area contributed by atoms with Crippen LogP contribution < -0.4 is 0 Å². The first-order chi connectivity index (χ1) is 17.3. The molecule has 0 aliphatic carbocycles. The van der Waals surface area contributed by atoms with E-state index < -0.39 is 0 Å². The molecule has 0 saturated carbocycles. The molecule has 0 spiro atoms. The summed E-state index contributed by atoms with van der Waals surface area (Å²) in [5.74, 6) is 0. The maximum atomic E-state index is 6.15. The van der Waals surface area contributed by atoms with Crippen LogP contribution in [-0.2, 0) is 20.1 Å². The Labute approximate surface area is 226 Å². The minimum Gasteiger partial charge on any atom is -0.501 e. The zero-order valence-electron chi connectivity index (χ0n) is 19.4. The van der Waals surface area contributed by atoms with Crippen LogP contribution in [-0.4, -0.2) is 9.97 Å². The van der Waals surface area contributed by atoms with E-state index >= 15 is 0 Å². The van der Waals surface area contributed by atoms with Crippen molar-refractivity contribution in [2.45, 2.75) is 6.92 Å². The SMILES string of the molecule is Cc1ccc(-c2[c-]cccc2)nc1.[Ir].[c-]1ccc2c(oc3ccc4sccc4c32)c1-c1ccccn1. The number of benzene rings is 3. The fourth-order valence-corrected chi connectivity index (χ4v) is 4.96. The normalized spacial score (nSPS) is 10.7. The summed E-state index contributed by atoms with van der Waals surface area (Å²) >= 11 is 1.75. The van der Waals surface area contributed by atoms with E-state index in [1.54, 1.807) is 17.5 Å². The van der Waals surface area contributed by atoms with Gasteiger partial charge in [-0.1, -0.05) is 35.2 Å². The standard InChI is InChI=1S/C19H10NOS.C12H10N.Ir/c1-2-10-20-15(6-1)12-4-3-5-14-18-13-9-11-22-17(13)8-7-16(18)21-19(12)14;1-10-7-8-12(13-9-10)11-5-3-2-4-6-11;/h1-3,5-11H;2-5,7-9H,1H3;/q2*-1;. The van der Waals surface area contributed by atoms with E-state index in [2.05, 4.69) is 57.8 Å². The zero-order chi connectivity index (χ0) is 23.6. The molecule has 7 rings (SSSR count). The number of aryl methyl sites for hydroxylation is 1. The molecule has 0 unspecified atom stereocenters. The Hall–Kier alpha value is -3.63. The van der Waals surface area contributed by atoms with E-state index in [1.165, 1.54) is 21.0 Å². The first kappa shape index (κ1) is 24.1. The number of thiophene rings is 1. The van der Waals surface area contributed by atoms with Gasteiger partial charge in [-0.2, -0.15) is 0 Å². The molecule has 7 aromatic rings. The van der Waals surface area contributed by atoms with Crippen molar-refractivity contribution in [3.8, 4) is 22.5 Å². The Morgan fingerprint density at radius 1 is 0.778 bits per heavy atom. The molecule has 36 heavy (non-hydrogen) atoms. The van der Waals surface area contributed by atoms with Crippen LogP contribution in [0.4, 0.5) is 0 Å². The van der Waals surface area contributed by atoms with Crippen LogP contribution in [0.25, 0.3) is 54.5 Å². The van der Waals surface area contributed by atoms with Gasteiger partial charge in [0, 0.05) is 48.0 Å². The van der Waals surface area contributed by atoms with E-state index in [9.17, 15) is 0 Å². The number of fused-ring (bicyclic) bond motifs is 5. The summed E-state index contributed by atoms with van der Waals surface area (Å²) in [7, 11) is 0. The molecule has 0 bridgehead atoms. The van der Waals surface area contributed by atoms with E-state index in [1.807, 2.05) is 67.7 Å². The second kappa shape index (κ2) is 10.5. The molecule has 0 atom stereocenters. The average molecular weight is 661 g/mol. The summed E-state index contributed by atoms with van der Waals surface area (Å²) in [5.41, 5.74) is 6.77. The molecule has 0 aliphatic heterocycles. The molecular weight excluding hydrogens is 641 g/mol. The smallest absolute Gasteiger partial charge is 0.121 e. The van der Waals surface area contributed by atoms with E-state index in [0.29, 0.717) is 0 Å². The first-order valence-electron chi connectivity index (χ1n) is 11.3. The van der Waals surface area contributed by atoms with E-state index in [-0.39, 0.29) is 20.1 Å². The quantitative estimate of drug-likeness (QED) is 0.175. The van der Waals surface area contributed by atoms with E-state index in [4.69, 9.17) is 4.42 Å².